The Morgan fingerprint density at radius 3 is 2.73 bits per heavy atom. The van der Waals surface area contributed by atoms with Crippen molar-refractivity contribution >= 4 is 44.6 Å². The van der Waals surface area contributed by atoms with Crippen LogP contribution in [0.5, 0.6) is 0 Å². The summed E-state index contributed by atoms with van der Waals surface area (Å²) < 4.78 is 9.52. The molecular weight excluding hydrogens is 398 g/mol. The molecule has 1 fully saturated rings. The molecule has 7 nitrogen and oxygen atoms in total. The van der Waals surface area contributed by atoms with Gasteiger partial charge in [-0.2, -0.15) is 0 Å². The van der Waals surface area contributed by atoms with Gasteiger partial charge in [0.15, 0.2) is 11.3 Å². The second-order valence-electron chi connectivity index (χ2n) is 7.59. The first kappa shape index (κ1) is 17.7. The Morgan fingerprint density at radius 1 is 1.10 bits per heavy atom. The van der Waals surface area contributed by atoms with Gasteiger partial charge < -0.3 is 9.30 Å². The summed E-state index contributed by atoms with van der Waals surface area (Å²) >= 11 is 1.63. The minimum absolute atomic E-state index is 0.0888. The Hall–Kier alpha value is -3.10. The standard InChI is InChI=1S/C22H19N5O2S/c28-22-18-19-21(25-17-8-2-1-7-16(17)24-19)27(11-14-5-3-9-29-14)20(18)23-13-26(22)12-15-6-4-10-30-15/h1-2,4,6-8,10,13-14H,3,5,9,11-12H2. The number of benzene rings is 1. The van der Waals surface area contributed by atoms with E-state index in [9.17, 15) is 4.79 Å². The number of nitrogens with zero attached hydrogens (tertiary/aromatic N) is 5. The Bertz CT molecular complexity index is 1430. The van der Waals surface area contributed by atoms with E-state index in [1.165, 1.54) is 0 Å². The lowest BCUT2D eigenvalue weighted by Crippen LogP contribution is -2.21. The molecule has 0 spiro atoms. The molecule has 5 aromatic rings. The molecule has 8 heteroatoms. The molecule has 150 valence electrons. The van der Waals surface area contributed by atoms with Gasteiger partial charge in [0.1, 0.15) is 17.2 Å². The van der Waals surface area contributed by atoms with Gasteiger partial charge in [-0.15, -0.1) is 11.3 Å². The van der Waals surface area contributed by atoms with Crippen LogP contribution in [-0.2, 0) is 17.8 Å². The van der Waals surface area contributed by atoms with Gasteiger partial charge in [-0.1, -0.05) is 18.2 Å². The lowest BCUT2D eigenvalue weighted by molar-refractivity contribution is 0.0987. The Morgan fingerprint density at radius 2 is 1.97 bits per heavy atom. The summed E-state index contributed by atoms with van der Waals surface area (Å²) in [5.41, 5.74) is 3.42. The summed E-state index contributed by atoms with van der Waals surface area (Å²) in [5, 5.41) is 2.54. The van der Waals surface area contributed by atoms with Crippen LogP contribution in [0.25, 0.3) is 33.2 Å². The van der Waals surface area contributed by atoms with Crippen molar-refractivity contribution in [2.24, 2.45) is 0 Å². The summed E-state index contributed by atoms with van der Waals surface area (Å²) in [6, 6.07) is 11.8. The second-order valence-corrected chi connectivity index (χ2v) is 8.62. The second kappa shape index (κ2) is 7.00. The molecular formula is C22H19N5O2S. The number of para-hydroxylation sites is 2. The third kappa shape index (κ3) is 2.83. The first-order chi connectivity index (χ1) is 14.8. The van der Waals surface area contributed by atoms with Crippen molar-refractivity contribution in [1.82, 2.24) is 24.1 Å². The van der Waals surface area contributed by atoms with E-state index in [0.717, 1.165) is 35.4 Å². The zero-order chi connectivity index (χ0) is 20.1. The molecule has 1 aromatic carbocycles. The van der Waals surface area contributed by atoms with Gasteiger partial charge in [-0.05, 0) is 36.4 Å². The number of fused-ring (bicyclic) bond motifs is 4. The van der Waals surface area contributed by atoms with E-state index in [-0.39, 0.29) is 11.7 Å². The molecule has 6 rings (SSSR count). The summed E-state index contributed by atoms with van der Waals surface area (Å²) in [6.07, 6.45) is 3.79. The molecule has 0 radical (unpaired) electrons. The first-order valence-corrected chi connectivity index (χ1v) is 10.9. The molecule has 0 saturated carbocycles. The van der Waals surface area contributed by atoms with Crippen molar-refractivity contribution < 1.29 is 4.74 Å². The SMILES string of the molecule is O=c1c2c3nc4ccccc4nc3n(CC3CCCO3)c2ncn1Cc1cccs1. The summed E-state index contributed by atoms with van der Waals surface area (Å²) in [6.45, 7) is 1.89. The van der Waals surface area contributed by atoms with Crippen LogP contribution >= 0.6 is 11.3 Å². The van der Waals surface area contributed by atoms with Crippen LogP contribution in [-0.4, -0.2) is 36.8 Å². The number of rotatable bonds is 4. The van der Waals surface area contributed by atoms with E-state index >= 15 is 0 Å². The van der Waals surface area contributed by atoms with Gasteiger partial charge in [0, 0.05) is 11.5 Å². The highest BCUT2D eigenvalue weighted by molar-refractivity contribution is 7.09. The number of hydrogen-bond donors (Lipinski definition) is 0. The van der Waals surface area contributed by atoms with E-state index in [0.29, 0.717) is 35.3 Å². The maximum Gasteiger partial charge on any atom is 0.265 e. The van der Waals surface area contributed by atoms with Crippen molar-refractivity contribution in [2.45, 2.75) is 32.0 Å². The van der Waals surface area contributed by atoms with Crippen LogP contribution in [0.4, 0.5) is 0 Å². The quantitative estimate of drug-likeness (QED) is 0.447. The predicted molar refractivity (Wildman–Crippen MR) is 117 cm³/mol. The number of ether oxygens (including phenoxy) is 1. The van der Waals surface area contributed by atoms with Gasteiger partial charge in [0.2, 0.25) is 0 Å². The van der Waals surface area contributed by atoms with Crippen LogP contribution in [0.3, 0.4) is 0 Å². The van der Waals surface area contributed by atoms with E-state index in [1.807, 2.05) is 46.3 Å². The molecule has 0 amide bonds. The van der Waals surface area contributed by atoms with Crippen molar-refractivity contribution in [3.05, 3.63) is 63.3 Å². The van der Waals surface area contributed by atoms with Gasteiger partial charge >= 0.3 is 0 Å². The monoisotopic (exact) mass is 417 g/mol. The maximum atomic E-state index is 13.5. The van der Waals surface area contributed by atoms with Gasteiger partial charge in [0.05, 0.1) is 30.2 Å². The minimum Gasteiger partial charge on any atom is -0.376 e. The zero-order valence-corrected chi connectivity index (χ0v) is 17.0. The van der Waals surface area contributed by atoms with Crippen molar-refractivity contribution in [3.63, 3.8) is 0 Å². The fourth-order valence-corrected chi connectivity index (χ4v) is 4.89. The Kier molecular flexibility index (Phi) is 4.14. The van der Waals surface area contributed by atoms with Crippen molar-refractivity contribution in [1.29, 1.82) is 0 Å². The van der Waals surface area contributed by atoms with Crippen molar-refractivity contribution in [2.75, 3.05) is 6.61 Å². The molecule has 1 saturated heterocycles. The molecule has 1 unspecified atom stereocenters. The molecule has 0 N–H and O–H groups in total. The fourth-order valence-electron chi connectivity index (χ4n) is 4.19. The first-order valence-electron chi connectivity index (χ1n) is 10.1. The third-order valence-electron chi connectivity index (χ3n) is 5.63. The van der Waals surface area contributed by atoms with Gasteiger partial charge in [-0.3, -0.25) is 9.36 Å². The highest BCUT2D eigenvalue weighted by atomic mass is 32.1. The molecule has 1 atom stereocenters. The molecule has 5 heterocycles. The van der Waals surface area contributed by atoms with Crippen LogP contribution in [0.15, 0.2) is 52.9 Å². The zero-order valence-electron chi connectivity index (χ0n) is 16.2. The lowest BCUT2D eigenvalue weighted by Gasteiger charge is -2.12. The summed E-state index contributed by atoms with van der Waals surface area (Å²) in [4.78, 5) is 29.0. The third-order valence-corrected chi connectivity index (χ3v) is 6.50. The van der Waals surface area contributed by atoms with E-state index < -0.39 is 0 Å². The predicted octanol–water partition coefficient (Wildman–Crippen LogP) is 3.58. The molecule has 4 aromatic heterocycles. The molecule has 30 heavy (non-hydrogen) atoms. The van der Waals surface area contributed by atoms with Gasteiger partial charge in [0.25, 0.3) is 5.56 Å². The maximum absolute atomic E-state index is 13.5. The minimum atomic E-state index is -0.0888. The number of thiophene rings is 1. The lowest BCUT2D eigenvalue weighted by atomic mass is 10.2. The Balaban J connectivity index is 1.62. The van der Waals surface area contributed by atoms with Gasteiger partial charge in [-0.25, -0.2) is 15.0 Å². The average Bonchev–Trinajstić information content (AvgIpc) is 3.51. The van der Waals surface area contributed by atoms with E-state index in [2.05, 4.69) is 4.98 Å². The van der Waals surface area contributed by atoms with Crippen LogP contribution < -0.4 is 5.56 Å². The molecule has 1 aliphatic rings. The van der Waals surface area contributed by atoms with Crippen LogP contribution in [0.2, 0.25) is 0 Å². The molecule has 0 bridgehead atoms. The van der Waals surface area contributed by atoms with Crippen molar-refractivity contribution in [3.8, 4) is 0 Å². The van der Waals surface area contributed by atoms with Crippen LogP contribution in [0, 0.1) is 0 Å². The number of hydrogen-bond acceptors (Lipinski definition) is 6. The normalized spacial score (nSPS) is 16.9. The van der Waals surface area contributed by atoms with Crippen LogP contribution in [0.1, 0.15) is 17.7 Å². The van der Waals surface area contributed by atoms with E-state index in [4.69, 9.17) is 14.7 Å². The average molecular weight is 417 g/mol. The summed E-state index contributed by atoms with van der Waals surface area (Å²) in [7, 11) is 0. The number of aromatic nitrogens is 5. The molecule has 1 aliphatic heterocycles. The smallest absolute Gasteiger partial charge is 0.265 e. The summed E-state index contributed by atoms with van der Waals surface area (Å²) in [5.74, 6) is 0. The topological polar surface area (TPSA) is 74.8 Å². The Labute approximate surface area is 175 Å². The molecule has 0 aliphatic carbocycles. The largest absolute Gasteiger partial charge is 0.376 e. The highest BCUT2D eigenvalue weighted by Gasteiger charge is 2.23. The fraction of sp³-hybridized carbons (Fsp3) is 0.273. The highest BCUT2D eigenvalue weighted by Crippen LogP contribution is 2.27. The van der Waals surface area contributed by atoms with E-state index in [1.54, 1.807) is 22.2 Å².